The Morgan fingerprint density at radius 2 is 1.33 bits per heavy atom. The van der Waals surface area contributed by atoms with Gasteiger partial charge in [-0.15, -0.1) is 0 Å². The molecular weight excluding hydrogens is 296 g/mol. The van der Waals surface area contributed by atoms with Gasteiger partial charge < -0.3 is 10.0 Å². The zero-order valence-electron chi connectivity index (χ0n) is 10.5. The minimum Gasteiger partial charge on any atom is -0.423 e. The van der Waals surface area contributed by atoms with Gasteiger partial charge in [-0.1, -0.05) is 0 Å². The predicted molar refractivity (Wildman–Crippen MR) is 64.0 cm³/mol. The molecule has 9 heteroatoms. The Morgan fingerprint density at radius 3 is 1.81 bits per heavy atom. The standard InChI is InChI=1S/C12H7BF5NO2/c1-4-6(5(13(20)21)2-3-19-4)7-8(14)10(16)12(18)11(17)9(7)15/h2-3,20-21H,1H3. The third-order valence-corrected chi connectivity index (χ3v) is 2.91. The molecule has 0 atom stereocenters. The van der Waals surface area contributed by atoms with Crippen molar-refractivity contribution < 1.29 is 32.0 Å². The summed E-state index contributed by atoms with van der Waals surface area (Å²) in [4.78, 5) is 3.67. The van der Waals surface area contributed by atoms with Gasteiger partial charge in [0.15, 0.2) is 23.3 Å². The molecule has 0 saturated carbocycles. The monoisotopic (exact) mass is 303 g/mol. The van der Waals surface area contributed by atoms with Gasteiger partial charge in [0, 0.05) is 17.5 Å². The van der Waals surface area contributed by atoms with Gasteiger partial charge in [0.05, 0.1) is 5.56 Å². The van der Waals surface area contributed by atoms with Crippen molar-refractivity contribution in [1.29, 1.82) is 0 Å². The SMILES string of the molecule is Cc1nccc(B(O)O)c1-c1c(F)c(F)c(F)c(F)c1F. The molecule has 0 amide bonds. The van der Waals surface area contributed by atoms with Crippen molar-refractivity contribution in [1.82, 2.24) is 4.98 Å². The van der Waals surface area contributed by atoms with Crippen molar-refractivity contribution in [3.05, 3.63) is 47.0 Å². The molecule has 0 spiro atoms. The molecule has 1 aromatic heterocycles. The quantitative estimate of drug-likeness (QED) is 0.382. The van der Waals surface area contributed by atoms with Gasteiger partial charge in [-0.05, 0) is 18.5 Å². The number of halogens is 5. The Balaban J connectivity index is 2.93. The average Bonchev–Trinajstić information content (AvgIpc) is 2.44. The lowest BCUT2D eigenvalue weighted by atomic mass is 9.75. The molecular formula is C12H7BF5NO2. The van der Waals surface area contributed by atoms with E-state index in [1.54, 1.807) is 0 Å². The largest absolute Gasteiger partial charge is 0.489 e. The van der Waals surface area contributed by atoms with Crippen LogP contribution in [-0.4, -0.2) is 22.2 Å². The Morgan fingerprint density at radius 1 is 0.857 bits per heavy atom. The molecule has 0 aliphatic rings. The fourth-order valence-electron chi connectivity index (χ4n) is 1.95. The van der Waals surface area contributed by atoms with Crippen LogP contribution in [0.2, 0.25) is 0 Å². The van der Waals surface area contributed by atoms with Gasteiger partial charge in [-0.25, -0.2) is 22.0 Å². The molecule has 1 heterocycles. The van der Waals surface area contributed by atoms with E-state index in [9.17, 15) is 32.0 Å². The number of pyridine rings is 1. The Labute approximate surface area is 115 Å². The van der Waals surface area contributed by atoms with E-state index in [0.717, 1.165) is 12.3 Å². The zero-order chi connectivity index (χ0) is 15.9. The molecule has 2 N–H and O–H groups in total. The number of aromatic nitrogens is 1. The van der Waals surface area contributed by atoms with Crippen LogP contribution in [0.15, 0.2) is 12.3 Å². The molecule has 2 aromatic rings. The van der Waals surface area contributed by atoms with Gasteiger partial charge in [0.25, 0.3) is 0 Å². The van der Waals surface area contributed by atoms with Gasteiger partial charge in [0.1, 0.15) is 0 Å². The number of benzene rings is 1. The Kier molecular flexibility index (Phi) is 3.97. The Bertz CT molecular complexity index is 694. The maximum Gasteiger partial charge on any atom is 0.489 e. The number of hydrogen-bond acceptors (Lipinski definition) is 3. The summed E-state index contributed by atoms with van der Waals surface area (Å²) < 4.78 is 67.1. The highest BCUT2D eigenvalue weighted by molar-refractivity contribution is 6.60. The molecule has 0 radical (unpaired) electrons. The molecule has 110 valence electrons. The van der Waals surface area contributed by atoms with Crippen molar-refractivity contribution in [3.63, 3.8) is 0 Å². The first-order chi connectivity index (χ1) is 9.77. The van der Waals surface area contributed by atoms with E-state index in [1.165, 1.54) is 6.92 Å². The first kappa shape index (κ1) is 15.4. The molecule has 1 aromatic carbocycles. The summed E-state index contributed by atoms with van der Waals surface area (Å²) in [5.74, 6) is -10.7. The van der Waals surface area contributed by atoms with Crippen molar-refractivity contribution in [3.8, 4) is 11.1 Å². The van der Waals surface area contributed by atoms with Crippen molar-refractivity contribution >= 4 is 12.6 Å². The normalized spacial score (nSPS) is 10.9. The molecule has 0 aliphatic carbocycles. The van der Waals surface area contributed by atoms with E-state index in [2.05, 4.69) is 4.98 Å². The summed E-state index contributed by atoms with van der Waals surface area (Å²) >= 11 is 0. The van der Waals surface area contributed by atoms with Gasteiger partial charge in [0.2, 0.25) is 5.82 Å². The van der Waals surface area contributed by atoms with E-state index in [-0.39, 0.29) is 5.69 Å². The van der Waals surface area contributed by atoms with Crippen molar-refractivity contribution in [2.75, 3.05) is 0 Å². The summed E-state index contributed by atoms with van der Waals surface area (Å²) in [5, 5.41) is 18.4. The molecule has 0 fully saturated rings. The Hall–Kier alpha value is -2.00. The van der Waals surface area contributed by atoms with E-state index >= 15 is 0 Å². The van der Waals surface area contributed by atoms with Crippen LogP contribution in [0.1, 0.15) is 5.69 Å². The van der Waals surface area contributed by atoms with Gasteiger partial charge in [-0.3, -0.25) is 4.98 Å². The molecule has 3 nitrogen and oxygen atoms in total. The summed E-state index contributed by atoms with van der Waals surface area (Å²) in [6.07, 6.45) is 1.11. The summed E-state index contributed by atoms with van der Waals surface area (Å²) in [5.41, 5.74) is -2.35. The molecule has 2 rings (SSSR count). The number of nitrogens with zero attached hydrogens (tertiary/aromatic N) is 1. The smallest absolute Gasteiger partial charge is 0.423 e. The van der Waals surface area contributed by atoms with Gasteiger partial charge >= 0.3 is 7.12 Å². The molecule has 21 heavy (non-hydrogen) atoms. The van der Waals surface area contributed by atoms with Crippen LogP contribution in [0.5, 0.6) is 0 Å². The second kappa shape index (κ2) is 5.42. The zero-order valence-corrected chi connectivity index (χ0v) is 10.5. The summed E-state index contributed by atoms with van der Waals surface area (Å²) in [7, 11) is -2.17. The van der Waals surface area contributed by atoms with Crippen molar-refractivity contribution in [2.24, 2.45) is 0 Å². The molecule has 0 unspecified atom stereocenters. The summed E-state index contributed by atoms with van der Waals surface area (Å²) in [6, 6.07) is 1.01. The minimum atomic E-state index is -2.29. The maximum absolute atomic E-state index is 13.8. The molecule has 0 saturated heterocycles. The van der Waals surface area contributed by atoms with Crippen LogP contribution in [0.25, 0.3) is 11.1 Å². The first-order valence-corrected chi connectivity index (χ1v) is 5.60. The highest BCUT2D eigenvalue weighted by atomic mass is 19.2. The van der Waals surface area contributed by atoms with E-state index in [0.29, 0.717) is 0 Å². The summed E-state index contributed by atoms with van der Waals surface area (Å²) in [6.45, 7) is 1.24. The van der Waals surface area contributed by atoms with Crippen LogP contribution in [-0.2, 0) is 0 Å². The highest BCUT2D eigenvalue weighted by Gasteiger charge is 2.30. The second-order valence-electron chi connectivity index (χ2n) is 4.18. The molecule has 0 aliphatic heterocycles. The maximum atomic E-state index is 13.8. The minimum absolute atomic E-state index is 0.121. The van der Waals surface area contributed by atoms with Crippen LogP contribution in [0, 0.1) is 36.0 Å². The fourth-order valence-corrected chi connectivity index (χ4v) is 1.95. The van der Waals surface area contributed by atoms with E-state index in [1.807, 2.05) is 0 Å². The predicted octanol–water partition coefficient (Wildman–Crippen LogP) is 1.43. The van der Waals surface area contributed by atoms with E-state index in [4.69, 9.17) is 0 Å². The highest BCUT2D eigenvalue weighted by Crippen LogP contribution is 2.31. The lowest BCUT2D eigenvalue weighted by molar-refractivity contribution is 0.381. The van der Waals surface area contributed by atoms with Crippen LogP contribution in [0.4, 0.5) is 22.0 Å². The van der Waals surface area contributed by atoms with E-state index < -0.39 is 52.8 Å². The third-order valence-electron chi connectivity index (χ3n) is 2.91. The molecule has 0 bridgehead atoms. The lowest BCUT2D eigenvalue weighted by Crippen LogP contribution is -2.33. The number of aryl methyl sites for hydroxylation is 1. The second-order valence-corrected chi connectivity index (χ2v) is 4.18. The van der Waals surface area contributed by atoms with Crippen LogP contribution < -0.4 is 5.46 Å². The first-order valence-electron chi connectivity index (χ1n) is 5.60. The van der Waals surface area contributed by atoms with Crippen LogP contribution >= 0.6 is 0 Å². The average molecular weight is 303 g/mol. The van der Waals surface area contributed by atoms with Crippen LogP contribution in [0.3, 0.4) is 0 Å². The number of rotatable bonds is 2. The topological polar surface area (TPSA) is 53.4 Å². The van der Waals surface area contributed by atoms with Crippen molar-refractivity contribution in [2.45, 2.75) is 6.92 Å². The lowest BCUT2D eigenvalue weighted by Gasteiger charge is -2.14. The van der Waals surface area contributed by atoms with Gasteiger partial charge in [-0.2, -0.15) is 0 Å². The third kappa shape index (κ3) is 2.38. The fraction of sp³-hybridized carbons (Fsp3) is 0.0833. The number of hydrogen-bond donors (Lipinski definition) is 2.